The van der Waals surface area contributed by atoms with E-state index in [-0.39, 0.29) is 0 Å². The van der Waals surface area contributed by atoms with Crippen LogP contribution in [0.3, 0.4) is 0 Å². The molecule has 0 saturated carbocycles. The van der Waals surface area contributed by atoms with Crippen LogP contribution >= 0.6 is 0 Å². The van der Waals surface area contributed by atoms with Crippen LogP contribution in [-0.2, 0) is 13.0 Å². The number of hydrogen-bond donors (Lipinski definition) is 0. The number of fused-ring (bicyclic) bond motifs is 1. The monoisotopic (exact) mass is 342 g/mol. The Labute approximate surface area is 153 Å². The molecule has 0 aliphatic rings. The first-order valence-electron chi connectivity index (χ1n) is 9.06. The van der Waals surface area contributed by atoms with E-state index in [4.69, 9.17) is 9.72 Å². The summed E-state index contributed by atoms with van der Waals surface area (Å²) in [5, 5.41) is 0. The van der Waals surface area contributed by atoms with Crippen molar-refractivity contribution in [3.8, 4) is 5.75 Å². The van der Waals surface area contributed by atoms with Crippen LogP contribution in [0.25, 0.3) is 11.0 Å². The minimum absolute atomic E-state index is 0.696. The van der Waals surface area contributed by atoms with Gasteiger partial charge in [-0.25, -0.2) is 4.98 Å². The van der Waals surface area contributed by atoms with Crippen molar-refractivity contribution >= 4 is 11.0 Å². The Bertz CT molecular complexity index is 961. The Hall–Kier alpha value is -3.07. The Balaban J connectivity index is 1.50. The molecule has 0 fully saturated rings. The van der Waals surface area contributed by atoms with Crippen molar-refractivity contribution in [1.29, 1.82) is 0 Å². The number of ether oxygens (including phenoxy) is 1. The van der Waals surface area contributed by atoms with Gasteiger partial charge in [0.05, 0.1) is 17.6 Å². The highest BCUT2D eigenvalue weighted by atomic mass is 16.5. The third-order valence-corrected chi connectivity index (χ3v) is 4.48. The molecular weight excluding hydrogens is 320 g/mol. The van der Waals surface area contributed by atoms with E-state index in [1.807, 2.05) is 42.5 Å². The summed E-state index contributed by atoms with van der Waals surface area (Å²) in [6.45, 7) is 1.59. The van der Waals surface area contributed by atoms with E-state index in [1.54, 1.807) is 0 Å². The molecule has 0 spiro atoms. The maximum absolute atomic E-state index is 5.84. The lowest BCUT2D eigenvalue weighted by Crippen LogP contribution is -2.08. The second-order valence-electron chi connectivity index (χ2n) is 6.35. The third kappa shape index (κ3) is 3.77. The van der Waals surface area contributed by atoms with Crippen molar-refractivity contribution in [2.75, 3.05) is 6.61 Å². The zero-order chi connectivity index (χ0) is 17.6. The molecule has 4 aromatic rings. The predicted octanol–water partition coefficient (Wildman–Crippen LogP) is 5.10. The molecule has 0 saturated heterocycles. The lowest BCUT2D eigenvalue weighted by molar-refractivity contribution is 0.302. The molecule has 26 heavy (non-hydrogen) atoms. The summed E-state index contributed by atoms with van der Waals surface area (Å²) in [7, 11) is 0. The lowest BCUT2D eigenvalue weighted by atomic mass is 10.1. The summed E-state index contributed by atoms with van der Waals surface area (Å²) in [6, 6.07) is 28.9. The predicted molar refractivity (Wildman–Crippen MR) is 106 cm³/mol. The van der Waals surface area contributed by atoms with Gasteiger partial charge < -0.3 is 9.30 Å². The van der Waals surface area contributed by atoms with Crippen LogP contribution in [0.15, 0.2) is 84.9 Å². The molecule has 130 valence electrons. The van der Waals surface area contributed by atoms with Crippen LogP contribution in [0.5, 0.6) is 5.75 Å². The fraction of sp³-hybridized carbons (Fsp3) is 0.174. The SMILES string of the molecule is c1ccc(Cc2nc3ccccc3n2CCCOc2ccccc2)cc1. The normalized spacial score (nSPS) is 10.9. The highest BCUT2D eigenvalue weighted by Gasteiger charge is 2.10. The van der Waals surface area contributed by atoms with Crippen LogP contribution in [0.4, 0.5) is 0 Å². The van der Waals surface area contributed by atoms with Gasteiger partial charge in [-0.05, 0) is 36.2 Å². The highest BCUT2D eigenvalue weighted by Crippen LogP contribution is 2.19. The van der Waals surface area contributed by atoms with Gasteiger partial charge in [-0.1, -0.05) is 60.7 Å². The summed E-state index contributed by atoms with van der Waals surface area (Å²) in [4.78, 5) is 4.87. The van der Waals surface area contributed by atoms with Crippen molar-refractivity contribution < 1.29 is 4.74 Å². The highest BCUT2D eigenvalue weighted by molar-refractivity contribution is 5.76. The molecule has 3 heteroatoms. The minimum Gasteiger partial charge on any atom is -0.494 e. The molecule has 0 aliphatic carbocycles. The van der Waals surface area contributed by atoms with Crippen LogP contribution < -0.4 is 4.74 Å². The van der Waals surface area contributed by atoms with Crippen molar-refractivity contribution in [3.63, 3.8) is 0 Å². The van der Waals surface area contributed by atoms with E-state index in [9.17, 15) is 0 Å². The van der Waals surface area contributed by atoms with Gasteiger partial charge in [0.2, 0.25) is 0 Å². The second kappa shape index (κ2) is 7.87. The summed E-state index contributed by atoms with van der Waals surface area (Å²) in [6.07, 6.45) is 1.78. The molecule has 0 amide bonds. The Morgan fingerprint density at radius 3 is 2.27 bits per heavy atom. The quantitative estimate of drug-likeness (QED) is 0.437. The molecule has 1 aromatic heterocycles. The van der Waals surface area contributed by atoms with Gasteiger partial charge in [-0.2, -0.15) is 0 Å². The topological polar surface area (TPSA) is 27.1 Å². The average Bonchev–Trinajstić information content (AvgIpc) is 3.04. The largest absolute Gasteiger partial charge is 0.494 e. The summed E-state index contributed by atoms with van der Waals surface area (Å²) < 4.78 is 8.17. The van der Waals surface area contributed by atoms with Gasteiger partial charge >= 0.3 is 0 Å². The third-order valence-electron chi connectivity index (χ3n) is 4.48. The average molecular weight is 342 g/mol. The van der Waals surface area contributed by atoms with Crippen LogP contribution in [-0.4, -0.2) is 16.2 Å². The smallest absolute Gasteiger partial charge is 0.119 e. The van der Waals surface area contributed by atoms with E-state index < -0.39 is 0 Å². The molecule has 3 aromatic carbocycles. The maximum Gasteiger partial charge on any atom is 0.119 e. The van der Waals surface area contributed by atoms with Gasteiger partial charge in [0.15, 0.2) is 0 Å². The Morgan fingerprint density at radius 1 is 0.769 bits per heavy atom. The molecule has 1 heterocycles. The van der Waals surface area contributed by atoms with Gasteiger partial charge in [0, 0.05) is 13.0 Å². The van der Waals surface area contributed by atoms with E-state index in [1.165, 1.54) is 11.1 Å². The lowest BCUT2D eigenvalue weighted by Gasteiger charge is -2.10. The van der Waals surface area contributed by atoms with Crippen LogP contribution in [0.2, 0.25) is 0 Å². The van der Waals surface area contributed by atoms with E-state index >= 15 is 0 Å². The zero-order valence-corrected chi connectivity index (χ0v) is 14.7. The number of para-hydroxylation sites is 3. The van der Waals surface area contributed by atoms with Gasteiger partial charge in [-0.3, -0.25) is 0 Å². The first-order valence-corrected chi connectivity index (χ1v) is 9.06. The molecule has 0 N–H and O–H groups in total. The second-order valence-corrected chi connectivity index (χ2v) is 6.35. The first kappa shape index (κ1) is 16.4. The van der Waals surface area contributed by atoms with Crippen molar-refractivity contribution in [2.24, 2.45) is 0 Å². The van der Waals surface area contributed by atoms with Crippen LogP contribution in [0.1, 0.15) is 17.8 Å². The Kier molecular flexibility index (Phi) is 4.97. The molecule has 0 radical (unpaired) electrons. The van der Waals surface area contributed by atoms with Crippen molar-refractivity contribution in [2.45, 2.75) is 19.4 Å². The van der Waals surface area contributed by atoms with Crippen molar-refractivity contribution in [1.82, 2.24) is 9.55 Å². The number of imidazole rings is 1. The minimum atomic E-state index is 0.696. The van der Waals surface area contributed by atoms with Crippen molar-refractivity contribution in [3.05, 3.63) is 96.3 Å². The molecule has 0 bridgehead atoms. The fourth-order valence-electron chi connectivity index (χ4n) is 3.22. The molecule has 4 rings (SSSR count). The van der Waals surface area contributed by atoms with Crippen LogP contribution in [0, 0.1) is 0 Å². The summed E-state index contributed by atoms with van der Waals surface area (Å²) >= 11 is 0. The molecule has 0 aliphatic heterocycles. The molecular formula is C23H22N2O. The zero-order valence-electron chi connectivity index (χ0n) is 14.7. The number of hydrogen-bond acceptors (Lipinski definition) is 2. The van der Waals surface area contributed by atoms with Gasteiger partial charge in [-0.15, -0.1) is 0 Å². The number of aromatic nitrogens is 2. The Morgan fingerprint density at radius 2 is 1.46 bits per heavy atom. The van der Waals surface area contributed by atoms with E-state index in [2.05, 4.69) is 47.0 Å². The first-order chi connectivity index (χ1) is 12.9. The standard InChI is InChI=1S/C23H22N2O/c1-3-10-19(11-4-1)18-23-24-21-14-7-8-15-22(21)25(23)16-9-17-26-20-12-5-2-6-13-20/h1-8,10-15H,9,16-18H2. The molecule has 0 atom stereocenters. The maximum atomic E-state index is 5.84. The van der Waals surface area contributed by atoms with E-state index in [0.717, 1.165) is 36.5 Å². The molecule has 0 unspecified atom stereocenters. The van der Waals surface area contributed by atoms with Gasteiger partial charge in [0.25, 0.3) is 0 Å². The van der Waals surface area contributed by atoms with Gasteiger partial charge in [0.1, 0.15) is 11.6 Å². The number of benzene rings is 3. The number of rotatable bonds is 7. The number of aryl methyl sites for hydroxylation is 1. The number of nitrogens with zero attached hydrogens (tertiary/aromatic N) is 2. The summed E-state index contributed by atoms with van der Waals surface area (Å²) in [5.74, 6) is 2.03. The van der Waals surface area contributed by atoms with E-state index in [0.29, 0.717) is 6.61 Å². The summed E-state index contributed by atoms with van der Waals surface area (Å²) in [5.41, 5.74) is 3.53. The molecule has 3 nitrogen and oxygen atoms in total. The fourth-order valence-corrected chi connectivity index (χ4v) is 3.22.